The normalized spacial score (nSPS) is 11.1. The van der Waals surface area contributed by atoms with E-state index < -0.39 is 5.97 Å². The minimum atomic E-state index is -0.915. The number of rotatable bonds is 3. The summed E-state index contributed by atoms with van der Waals surface area (Å²) in [7, 11) is 0. The molecule has 3 nitrogen and oxygen atoms in total. The van der Waals surface area contributed by atoms with Crippen molar-refractivity contribution in [2.75, 3.05) is 0 Å². The van der Waals surface area contributed by atoms with Crippen molar-refractivity contribution in [3.63, 3.8) is 0 Å². The van der Waals surface area contributed by atoms with Crippen LogP contribution >= 0.6 is 0 Å². The Hall–Kier alpha value is -2.94. The second-order valence-corrected chi connectivity index (χ2v) is 5.19. The lowest BCUT2D eigenvalue weighted by atomic mass is 10.1. The first-order chi connectivity index (χ1) is 10.6. The topological polar surface area (TPSA) is 50.2 Å². The summed E-state index contributed by atoms with van der Waals surface area (Å²) in [5.74, 6) is -0.915. The molecule has 3 rings (SSSR count). The number of fused-ring (bicyclic) bond motifs is 1. The molecule has 22 heavy (non-hydrogen) atoms. The molecule has 0 saturated heterocycles. The molecule has 0 amide bonds. The molecule has 0 aliphatic carbocycles. The van der Waals surface area contributed by atoms with Crippen LogP contribution in [0.15, 0.2) is 54.6 Å². The molecule has 3 heteroatoms. The number of aryl methyl sites for hydroxylation is 1. The Kier molecular flexibility index (Phi) is 3.71. The monoisotopic (exact) mass is 289 g/mol. The molecular formula is C19H15NO2. The van der Waals surface area contributed by atoms with Gasteiger partial charge in [-0.15, -0.1) is 0 Å². The Morgan fingerprint density at radius 1 is 1.00 bits per heavy atom. The SMILES string of the molecule is Cc1ccc2nc(/C=C/c3ccc(C(=O)O)cc3)ccc2c1. The minimum Gasteiger partial charge on any atom is -0.478 e. The Balaban J connectivity index is 1.85. The van der Waals surface area contributed by atoms with Gasteiger partial charge in [0.25, 0.3) is 0 Å². The van der Waals surface area contributed by atoms with Crippen LogP contribution in [-0.4, -0.2) is 16.1 Å². The van der Waals surface area contributed by atoms with E-state index in [0.29, 0.717) is 0 Å². The van der Waals surface area contributed by atoms with Crippen molar-refractivity contribution in [2.24, 2.45) is 0 Å². The van der Waals surface area contributed by atoms with E-state index in [0.717, 1.165) is 22.2 Å². The maximum absolute atomic E-state index is 10.8. The molecule has 0 radical (unpaired) electrons. The quantitative estimate of drug-likeness (QED) is 0.777. The third-order valence-electron chi connectivity index (χ3n) is 3.47. The molecule has 1 N–H and O–H groups in total. The van der Waals surface area contributed by atoms with Crippen LogP contribution in [0, 0.1) is 6.92 Å². The summed E-state index contributed by atoms with van der Waals surface area (Å²) in [6.07, 6.45) is 3.85. The van der Waals surface area contributed by atoms with Gasteiger partial charge in [-0.05, 0) is 48.9 Å². The smallest absolute Gasteiger partial charge is 0.335 e. The zero-order chi connectivity index (χ0) is 15.5. The number of nitrogens with zero attached hydrogens (tertiary/aromatic N) is 1. The number of aromatic nitrogens is 1. The zero-order valence-electron chi connectivity index (χ0n) is 12.2. The molecule has 0 fully saturated rings. The van der Waals surface area contributed by atoms with Crippen LogP contribution in [0.1, 0.15) is 27.2 Å². The summed E-state index contributed by atoms with van der Waals surface area (Å²) in [6, 6.07) is 17.0. The van der Waals surface area contributed by atoms with Crippen molar-refractivity contribution in [1.29, 1.82) is 0 Å². The maximum atomic E-state index is 10.8. The highest BCUT2D eigenvalue weighted by atomic mass is 16.4. The van der Waals surface area contributed by atoms with E-state index in [-0.39, 0.29) is 5.56 Å². The summed E-state index contributed by atoms with van der Waals surface area (Å²) in [5, 5.41) is 10.0. The molecule has 1 aromatic heterocycles. The van der Waals surface area contributed by atoms with Crippen LogP contribution < -0.4 is 0 Å². The molecule has 0 spiro atoms. The molecule has 1 heterocycles. The number of aromatic carboxylic acids is 1. The largest absolute Gasteiger partial charge is 0.478 e. The number of carbonyl (C=O) groups is 1. The minimum absolute atomic E-state index is 0.288. The second kappa shape index (κ2) is 5.82. The summed E-state index contributed by atoms with van der Waals surface area (Å²) < 4.78 is 0. The third-order valence-corrected chi connectivity index (χ3v) is 3.47. The average Bonchev–Trinajstić information content (AvgIpc) is 2.53. The van der Waals surface area contributed by atoms with Crippen LogP contribution in [0.5, 0.6) is 0 Å². The standard InChI is InChI=1S/C19H15NO2/c1-13-2-11-18-16(12-13)8-10-17(20-18)9-5-14-3-6-15(7-4-14)19(21)22/h2-12H,1H3,(H,21,22)/b9-5+. The van der Waals surface area contributed by atoms with Crippen molar-refractivity contribution in [3.05, 3.63) is 77.0 Å². The number of pyridine rings is 1. The van der Waals surface area contributed by atoms with Gasteiger partial charge in [0, 0.05) is 5.39 Å². The predicted molar refractivity (Wildman–Crippen MR) is 88.8 cm³/mol. The van der Waals surface area contributed by atoms with Crippen molar-refractivity contribution >= 4 is 29.0 Å². The molecule has 108 valence electrons. The molecule has 0 unspecified atom stereocenters. The maximum Gasteiger partial charge on any atom is 0.335 e. The fraction of sp³-hybridized carbons (Fsp3) is 0.0526. The number of hydrogen-bond acceptors (Lipinski definition) is 2. The van der Waals surface area contributed by atoms with Gasteiger partial charge in [0.1, 0.15) is 0 Å². The van der Waals surface area contributed by atoms with Crippen LogP contribution in [0.2, 0.25) is 0 Å². The first kappa shape index (κ1) is 14.0. The first-order valence-corrected chi connectivity index (χ1v) is 7.01. The fourth-order valence-electron chi connectivity index (χ4n) is 2.27. The summed E-state index contributed by atoms with van der Waals surface area (Å²) >= 11 is 0. The van der Waals surface area contributed by atoms with E-state index in [2.05, 4.69) is 24.0 Å². The van der Waals surface area contributed by atoms with E-state index in [1.165, 1.54) is 5.56 Å². The molecule has 0 aliphatic heterocycles. The van der Waals surface area contributed by atoms with E-state index in [9.17, 15) is 4.79 Å². The Bertz CT molecular complexity index is 864. The molecule has 0 saturated carbocycles. The highest BCUT2D eigenvalue weighted by Gasteiger charge is 2.00. The van der Waals surface area contributed by atoms with E-state index >= 15 is 0 Å². The van der Waals surface area contributed by atoms with Crippen molar-refractivity contribution in [3.8, 4) is 0 Å². The van der Waals surface area contributed by atoms with Gasteiger partial charge in [-0.1, -0.05) is 35.9 Å². The zero-order valence-corrected chi connectivity index (χ0v) is 12.2. The van der Waals surface area contributed by atoms with Gasteiger partial charge in [-0.2, -0.15) is 0 Å². The summed E-state index contributed by atoms with van der Waals surface area (Å²) in [6.45, 7) is 2.06. The number of benzene rings is 2. The van der Waals surface area contributed by atoms with Gasteiger partial charge >= 0.3 is 5.97 Å². The average molecular weight is 289 g/mol. The Morgan fingerprint density at radius 2 is 1.77 bits per heavy atom. The van der Waals surface area contributed by atoms with Crippen LogP contribution in [-0.2, 0) is 0 Å². The predicted octanol–water partition coefficient (Wildman–Crippen LogP) is 4.41. The highest BCUT2D eigenvalue weighted by molar-refractivity contribution is 5.88. The van der Waals surface area contributed by atoms with Gasteiger partial charge in [0.05, 0.1) is 16.8 Å². The lowest BCUT2D eigenvalue weighted by Gasteiger charge is -2.01. The number of carboxylic acid groups (broad SMARTS) is 1. The molecule has 0 atom stereocenters. The van der Waals surface area contributed by atoms with Crippen LogP contribution in [0.25, 0.3) is 23.1 Å². The first-order valence-electron chi connectivity index (χ1n) is 7.01. The molecular weight excluding hydrogens is 274 g/mol. The van der Waals surface area contributed by atoms with Gasteiger partial charge in [0.2, 0.25) is 0 Å². The van der Waals surface area contributed by atoms with E-state index in [1.807, 2.05) is 30.4 Å². The van der Waals surface area contributed by atoms with E-state index in [4.69, 9.17) is 5.11 Å². The van der Waals surface area contributed by atoms with Crippen LogP contribution in [0.4, 0.5) is 0 Å². The van der Waals surface area contributed by atoms with Gasteiger partial charge in [0.15, 0.2) is 0 Å². The second-order valence-electron chi connectivity index (χ2n) is 5.19. The number of carboxylic acids is 1. The lowest BCUT2D eigenvalue weighted by molar-refractivity contribution is 0.0697. The fourth-order valence-corrected chi connectivity index (χ4v) is 2.27. The molecule has 0 bridgehead atoms. The highest BCUT2D eigenvalue weighted by Crippen LogP contribution is 2.16. The van der Waals surface area contributed by atoms with Gasteiger partial charge in [-0.3, -0.25) is 0 Å². The molecule has 0 aliphatic rings. The third kappa shape index (κ3) is 3.04. The van der Waals surface area contributed by atoms with E-state index in [1.54, 1.807) is 24.3 Å². The molecule has 2 aromatic carbocycles. The van der Waals surface area contributed by atoms with Gasteiger partial charge < -0.3 is 5.11 Å². The van der Waals surface area contributed by atoms with Crippen molar-refractivity contribution in [2.45, 2.75) is 6.92 Å². The van der Waals surface area contributed by atoms with Gasteiger partial charge in [-0.25, -0.2) is 9.78 Å². The number of hydrogen-bond donors (Lipinski definition) is 1. The van der Waals surface area contributed by atoms with Crippen LogP contribution in [0.3, 0.4) is 0 Å². The molecule has 3 aromatic rings. The van der Waals surface area contributed by atoms with Crippen molar-refractivity contribution in [1.82, 2.24) is 4.98 Å². The Morgan fingerprint density at radius 3 is 2.50 bits per heavy atom. The summed E-state index contributed by atoms with van der Waals surface area (Å²) in [5.41, 5.74) is 4.29. The lowest BCUT2D eigenvalue weighted by Crippen LogP contribution is -1.94. The summed E-state index contributed by atoms with van der Waals surface area (Å²) in [4.78, 5) is 15.4. The van der Waals surface area contributed by atoms with Crippen molar-refractivity contribution < 1.29 is 9.90 Å². The Labute approximate surface area is 128 Å².